The number of rotatable bonds is 4. The molecule has 5 heteroatoms. The van der Waals surface area contributed by atoms with E-state index in [2.05, 4.69) is 16.0 Å². The SMILES string of the molecule is CNC(=O)Nc1ccc(NCc2ccco2)cc1. The molecular formula is C13H15N3O2. The van der Waals surface area contributed by atoms with Crippen molar-refractivity contribution in [3.63, 3.8) is 0 Å². The van der Waals surface area contributed by atoms with Crippen LogP contribution < -0.4 is 16.0 Å². The molecule has 1 heterocycles. The van der Waals surface area contributed by atoms with Crippen LogP contribution >= 0.6 is 0 Å². The highest BCUT2D eigenvalue weighted by molar-refractivity contribution is 5.89. The van der Waals surface area contributed by atoms with Crippen molar-refractivity contribution in [1.29, 1.82) is 0 Å². The highest BCUT2D eigenvalue weighted by atomic mass is 16.3. The highest BCUT2D eigenvalue weighted by Gasteiger charge is 1.99. The molecule has 94 valence electrons. The summed E-state index contributed by atoms with van der Waals surface area (Å²) in [7, 11) is 1.58. The first-order valence-corrected chi connectivity index (χ1v) is 5.63. The molecule has 2 aromatic rings. The van der Waals surface area contributed by atoms with Gasteiger partial charge in [-0.3, -0.25) is 0 Å². The lowest BCUT2D eigenvalue weighted by Gasteiger charge is -2.07. The average molecular weight is 245 g/mol. The Balaban J connectivity index is 1.89. The van der Waals surface area contributed by atoms with E-state index in [1.807, 2.05) is 36.4 Å². The van der Waals surface area contributed by atoms with E-state index >= 15 is 0 Å². The molecule has 2 amide bonds. The fourth-order valence-corrected chi connectivity index (χ4v) is 1.47. The van der Waals surface area contributed by atoms with Crippen LogP contribution in [0.2, 0.25) is 0 Å². The van der Waals surface area contributed by atoms with Gasteiger partial charge >= 0.3 is 6.03 Å². The predicted molar refractivity (Wildman–Crippen MR) is 70.6 cm³/mol. The van der Waals surface area contributed by atoms with Crippen molar-refractivity contribution in [3.8, 4) is 0 Å². The highest BCUT2D eigenvalue weighted by Crippen LogP contribution is 2.14. The van der Waals surface area contributed by atoms with Crippen LogP contribution in [0.15, 0.2) is 47.1 Å². The van der Waals surface area contributed by atoms with Gasteiger partial charge in [0.1, 0.15) is 5.76 Å². The number of furan rings is 1. The summed E-state index contributed by atoms with van der Waals surface area (Å²) < 4.78 is 5.22. The van der Waals surface area contributed by atoms with E-state index in [0.29, 0.717) is 6.54 Å². The molecule has 0 bridgehead atoms. The van der Waals surface area contributed by atoms with Gasteiger partial charge in [0, 0.05) is 18.4 Å². The molecule has 1 aromatic heterocycles. The van der Waals surface area contributed by atoms with E-state index in [1.165, 1.54) is 0 Å². The summed E-state index contributed by atoms with van der Waals surface area (Å²) in [6.07, 6.45) is 1.65. The number of hydrogen-bond acceptors (Lipinski definition) is 3. The van der Waals surface area contributed by atoms with Crippen molar-refractivity contribution in [2.75, 3.05) is 17.7 Å². The number of anilines is 2. The van der Waals surface area contributed by atoms with Gasteiger partial charge in [-0.2, -0.15) is 0 Å². The number of hydrogen-bond donors (Lipinski definition) is 3. The van der Waals surface area contributed by atoms with Gasteiger partial charge < -0.3 is 20.4 Å². The van der Waals surface area contributed by atoms with Crippen LogP contribution in [-0.4, -0.2) is 13.1 Å². The maximum absolute atomic E-state index is 11.1. The first kappa shape index (κ1) is 12.0. The van der Waals surface area contributed by atoms with Crippen molar-refractivity contribution in [3.05, 3.63) is 48.4 Å². The van der Waals surface area contributed by atoms with Crippen LogP contribution in [0.1, 0.15) is 5.76 Å². The zero-order chi connectivity index (χ0) is 12.8. The molecule has 0 aliphatic rings. The number of urea groups is 1. The number of nitrogens with one attached hydrogen (secondary N) is 3. The Labute approximate surface area is 105 Å². The van der Waals surface area contributed by atoms with Gasteiger partial charge in [0.15, 0.2) is 0 Å². The first-order valence-electron chi connectivity index (χ1n) is 5.63. The molecule has 2 rings (SSSR count). The lowest BCUT2D eigenvalue weighted by Crippen LogP contribution is -2.24. The van der Waals surface area contributed by atoms with Gasteiger partial charge in [-0.25, -0.2) is 4.79 Å². The standard InChI is InChI=1S/C13H15N3O2/c1-14-13(17)16-11-6-4-10(5-7-11)15-9-12-3-2-8-18-12/h2-8,15H,9H2,1H3,(H2,14,16,17). The van der Waals surface area contributed by atoms with Gasteiger partial charge in [-0.15, -0.1) is 0 Å². The molecule has 0 aliphatic carbocycles. The largest absolute Gasteiger partial charge is 0.467 e. The average Bonchev–Trinajstić information content (AvgIpc) is 2.91. The Kier molecular flexibility index (Phi) is 3.86. The molecule has 1 aromatic carbocycles. The second kappa shape index (κ2) is 5.77. The van der Waals surface area contributed by atoms with Crippen LogP contribution in [0.5, 0.6) is 0 Å². The normalized spacial score (nSPS) is 9.83. The number of amides is 2. The summed E-state index contributed by atoms with van der Waals surface area (Å²) >= 11 is 0. The fraction of sp³-hybridized carbons (Fsp3) is 0.154. The molecule has 0 spiro atoms. The fourth-order valence-electron chi connectivity index (χ4n) is 1.47. The second-order valence-corrected chi connectivity index (χ2v) is 3.71. The van der Waals surface area contributed by atoms with Crippen molar-refractivity contribution in [1.82, 2.24) is 5.32 Å². The quantitative estimate of drug-likeness (QED) is 0.775. The minimum Gasteiger partial charge on any atom is -0.467 e. The molecule has 0 radical (unpaired) electrons. The Bertz CT molecular complexity index is 491. The molecule has 0 unspecified atom stereocenters. The Morgan fingerprint density at radius 3 is 2.50 bits per heavy atom. The zero-order valence-corrected chi connectivity index (χ0v) is 10.1. The molecule has 3 N–H and O–H groups in total. The predicted octanol–water partition coefficient (Wildman–Crippen LogP) is 2.64. The summed E-state index contributed by atoms with van der Waals surface area (Å²) in [5.41, 5.74) is 1.71. The summed E-state index contributed by atoms with van der Waals surface area (Å²) in [5.74, 6) is 0.877. The van der Waals surface area contributed by atoms with Crippen molar-refractivity contribution < 1.29 is 9.21 Å². The monoisotopic (exact) mass is 245 g/mol. The second-order valence-electron chi connectivity index (χ2n) is 3.71. The number of carbonyl (C=O) groups excluding carboxylic acids is 1. The van der Waals surface area contributed by atoms with Crippen LogP contribution in [0, 0.1) is 0 Å². The third-order valence-corrected chi connectivity index (χ3v) is 2.42. The van der Waals surface area contributed by atoms with Gasteiger partial charge in [0.05, 0.1) is 12.8 Å². The lowest BCUT2D eigenvalue weighted by atomic mass is 10.2. The molecular weight excluding hydrogens is 230 g/mol. The maximum Gasteiger partial charge on any atom is 0.318 e. The van der Waals surface area contributed by atoms with E-state index in [-0.39, 0.29) is 6.03 Å². The third-order valence-electron chi connectivity index (χ3n) is 2.42. The van der Waals surface area contributed by atoms with Gasteiger partial charge in [0.25, 0.3) is 0 Å². The molecule has 0 atom stereocenters. The van der Waals surface area contributed by atoms with Crippen LogP contribution in [0.25, 0.3) is 0 Å². The van der Waals surface area contributed by atoms with E-state index in [1.54, 1.807) is 13.3 Å². The Hall–Kier alpha value is -2.43. The molecule has 5 nitrogen and oxygen atoms in total. The minimum atomic E-state index is -0.230. The summed E-state index contributed by atoms with van der Waals surface area (Å²) in [4.78, 5) is 11.1. The van der Waals surface area contributed by atoms with E-state index in [0.717, 1.165) is 17.1 Å². The van der Waals surface area contributed by atoms with E-state index in [9.17, 15) is 4.79 Å². The van der Waals surface area contributed by atoms with Gasteiger partial charge in [0.2, 0.25) is 0 Å². The van der Waals surface area contributed by atoms with Gasteiger partial charge in [-0.1, -0.05) is 0 Å². The molecule has 0 saturated carbocycles. The Morgan fingerprint density at radius 1 is 1.17 bits per heavy atom. The minimum absolute atomic E-state index is 0.230. The maximum atomic E-state index is 11.1. The first-order chi connectivity index (χ1) is 8.78. The number of carbonyl (C=O) groups is 1. The zero-order valence-electron chi connectivity index (χ0n) is 10.1. The Morgan fingerprint density at radius 2 is 1.89 bits per heavy atom. The van der Waals surface area contributed by atoms with Gasteiger partial charge in [-0.05, 0) is 36.4 Å². The molecule has 0 saturated heterocycles. The smallest absolute Gasteiger partial charge is 0.318 e. The van der Waals surface area contributed by atoms with Crippen molar-refractivity contribution in [2.45, 2.75) is 6.54 Å². The summed E-state index contributed by atoms with van der Waals surface area (Å²) in [6, 6.07) is 11.0. The topological polar surface area (TPSA) is 66.3 Å². The number of benzene rings is 1. The van der Waals surface area contributed by atoms with Crippen molar-refractivity contribution in [2.24, 2.45) is 0 Å². The molecule has 18 heavy (non-hydrogen) atoms. The van der Waals surface area contributed by atoms with Crippen LogP contribution in [0.4, 0.5) is 16.2 Å². The molecule has 0 aliphatic heterocycles. The third kappa shape index (κ3) is 3.28. The van der Waals surface area contributed by atoms with Crippen LogP contribution in [-0.2, 0) is 6.54 Å². The molecule has 0 fully saturated rings. The summed E-state index contributed by atoms with van der Waals surface area (Å²) in [5, 5.41) is 8.41. The van der Waals surface area contributed by atoms with Crippen LogP contribution in [0.3, 0.4) is 0 Å². The van der Waals surface area contributed by atoms with E-state index < -0.39 is 0 Å². The summed E-state index contributed by atoms with van der Waals surface area (Å²) in [6.45, 7) is 0.634. The van der Waals surface area contributed by atoms with Crippen molar-refractivity contribution >= 4 is 17.4 Å². The van der Waals surface area contributed by atoms with E-state index in [4.69, 9.17) is 4.42 Å². The lowest BCUT2D eigenvalue weighted by molar-refractivity contribution is 0.254.